The predicted octanol–water partition coefficient (Wildman–Crippen LogP) is 3.77. The third-order valence-corrected chi connectivity index (χ3v) is 4.85. The van der Waals surface area contributed by atoms with E-state index in [1.807, 2.05) is 18.2 Å². The summed E-state index contributed by atoms with van der Waals surface area (Å²) >= 11 is 3.23. The van der Waals surface area contributed by atoms with Gasteiger partial charge in [0.25, 0.3) is 0 Å². The van der Waals surface area contributed by atoms with Gasteiger partial charge < -0.3 is 0 Å². The van der Waals surface area contributed by atoms with Crippen molar-refractivity contribution in [2.45, 2.75) is 24.8 Å². The first kappa shape index (κ1) is 14.7. The van der Waals surface area contributed by atoms with Gasteiger partial charge in [-0.2, -0.15) is 0 Å². The lowest BCUT2D eigenvalue weighted by Crippen LogP contribution is -2.38. The number of nitrogens with two attached hydrogens (primary N) is 1. The Hall–Kier alpha value is -1.23. The highest BCUT2D eigenvalue weighted by molar-refractivity contribution is 9.10. The maximum absolute atomic E-state index is 13.3. The minimum Gasteiger partial charge on any atom is -0.271 e. The van der Waals surface area contributed by atoms with Gasteiger partial charge in [-0.1, -0.05) is 36.4 Å². The van der Waals surface area contributed by atoms with E-state index in [0.717, 1.165) is 18.4 Å². The Kier molecular flexibility index (Phi) is 4.38. The van der Waals surface area contributed by atoms with Crippen molar-refractivity contribution in [1.82, 2.24) is 5.43 Å². The Labute approximate surface area is 132 Å². The largest absolute Gasteiger partial charge is 0.271 e. The maximum Gasteiger partial charge on any atom is 0.137 e. The van der Waals surface area contributed by atoms with Gasteiger partial charge in [-0.15, -0.1) is 0 Å². The Bertz CT molecular complexity index is 617. The van der Waals surface area contributed by atoms with Gasteiger partial charge in [0.15, 0.2) is 0 Å². The fraction of sp³-hybridized carbons (Fsp3) is 0.294. The highest BCUT2D eigenvalue weighted by Crippen LogP contribution is 2.49. The molecule has 3 atom stereocenters. The number of benzene rings is 2. The molecule has 2 nitrogen and oxygen atoms in total. The molecule has 1 aliphatic rings. The van der Waals surface area contributed by atoms with Crippen LogP contribution in [0.5, 0.6) is 0 Å². The molecule has 1 saturated carbocycles. The summed E-state index contributed by atoms with van der Waals surface area (Å²) in [4.78, 5) is 0. The zero-order chi connectivity index (χ0) is 14.8. The van der Waals surface area contributed by atoms with Crippen molar-refractivity contribution in [3.05, 3.63) is 69.9 Å². The average Bonchev–Trinajstić information content (AvgIpc) is 3.30. The second kappa shape index (κ2) is 6.26. The average molecular weight is 349 g/mol. The monoisotopic (exact) mass is 348 g/mol. The number of hydrogen-bond acceptors (Lipinski definition) is 2. The van der Waals surface area contributed by atoms with E-state index < -0.39 is 0 Å². The summed E-state index contributed by atoms with van der Waals surface area (Å²) in [5.41, 5.74) is 5.40. The third kappa shape index (κ3) is 3.34. The number of nitrogens with one attached hydrogen (secondary N) is 1. The number of rotatable bonds is 5. The van der Waals surface area contributed by atoms with Gasteiger partial charge in [0.2, 0.25) is 0 Å². The molecule has 0 radical (unpaired) electrons. The van der Waals surface area contributed by atoms with Gasteiger partial charge in [0.05, 0.1) is 4.47 Å². The molecule has 0 spiro atoms. The number of halogens is 2. The number of hydrazine groups is 1. The van der Waals surface area contributed by atoms with Gasteiger partial charge in [0, 0.05) is 6.04 Å². The quantitative estimate of drug-likeness (QED) is 0.637. The molecule has 0 heterocycles. The molecule has 0 aliphatic heterocycles. The molecule has 1 aliphatic carbocycles. The van der Waals surface area contributed by atoms with E-state index in [0.29, 0.717) is 16.3 Å². The van der Waals surface area contributed by atoms with Crippen molar-refractivity contribution >= 4 is 15.9 Å². The Morgan fingerprint density at radius 3 is 2.67 bits per heavy atom. The Balaban J connectivity index is 1.68. The third-order valence-electron chi connectivity index (χ3n) is 4.24. The van der Waals surface area contributed by atoms with Gasteiger partial charge in [-0.25, -0.2) is 4.39 Å². The van der Waals surface area contributed by atoms with Crippen LogP contribution in [-0.4, -0.2) is 6.04 Å². The van der Waals surface area contributed by atoms with Crippen LogP contribution in [0, 0.1) is 11.7 Å². The first-order valence-corrected chi connectivity index (χ1v) is 7.93. The molecule has 1 fully saturated rings. The van der Waals surface area contributed by atoms with Gasteiger partial charge in [0.1, 0.15) is 5.82 Å². The van der Waals surface area contributed by atoms with Crippen molar-refractivity contribution in [3.63, 3.8) is 0 Å². The summed E-state index contributed by atoms with van der Waals surface area (Å²) in [5.74, 6) is 6.62. The van der Waals surface area contributed by atoms with E-state index in [9.17, 15) is 4.39 Å². The van der Waals surface area contributed by atoms with Gasteiger partial charge >= 0.3 is 0 Å². The van der Waals surface area contributed by atoms with E-state index in [4.69, 9.17) is 5.84 Å². The molecule has 0 aromatic heterocycles. The van der Waals surface area contributed by atoms with Crippen LogP contribution in [-0.2, 0) is 6.42 Å². The standard InChI is InChI=1S/C17H18BrFN2/c18-15-8-11(6-7-16(15)19)9-17(21-20)14-10-13(14)12-4-2-1-3-5-12/h1-8,13-14,17,21H,9-10,20H2. The van der Waals surface area contributed by atoms with Crippen molar-refractivity contribution in [2.24, 2.45) is 11.8 Å². The lowest BCUT2D eigenvalue weighted by Gasteiger charge is -2.16. The smallest absolute Gasteiger partial charge is 0.137 e. The minimum absolute atomic E-state index is 0.215. The summed E-state index contributed by atoms with van der Waals surface area (Å²) in [7, 11) is 0. The molecule has 2 aromatic rings. The predicted molar refractivity (Wildman–Crippen MR) is 86.2 cm³/mol. The molecule has 3 rings (SSSR count). The molecule has 0 bridgehead atoms. The van der Waals surface area contributed by atoms with Crippen LogP contribution in [0.2, 0.25) is 0 Å². The SMILES string of the molecule is NNC(Cc1ccc(F)c(Br)c1)C1CC1c1ccccc1. The van der Waals surface area contributed by atoms with Crippen LogP contribution in [0.3, 0.4) is 0 Å². The zero-order valence-electron chi connectivity index (χ0n) is 11.6. The normalized spacial score (nSPS) is 22.0. The van der Waals surface area contributed by atoms with E-state index >= 15 is 0 Å². The van der Waals surface area contributed by atoms with Crippen LogP contribution >= 0.6 is 15.9 Å². The molecule has 21 heavy (non-hydrogen) atoms. The lowest BCUT2D eigenvalue weighted by atomic mass is 9.99. The van der Waals surface area contributed by atoms with Crippen molar-refractivity contribution in [1.29, 1.82) is 0 Å². The first-order valence-electron chi connectivity index (χ1n) is 7.14. The van der Waals surface area contributed by atoms with Crippen LogP contribution in [0.15, 0.2) is 53.0 Å². The maximum atomic E-state index is 13.3. The second-order valence-electron chi connectivity index (χ2n) is 5.64. The highest BCUT2D eigenvalue weighted by atomic mass is 79.9. The molecule has 3 N–H and O–H groups in total. The fourth-order valence-electron chi connectivity index (χ4n) is 3.00. The lowest BCUT2D eigenvalue weighted by molar-refractivity contribution is 0.464. The molecule has 2 aromatic carbocycles. The van der Waals surface area contributed by atoms with Crippen LogP contribution in [0.25, 0.3) is 0 Å². The van der Waals surface area contributed by atoms with E-state index in [2.05, 4.69) is 45.6 Å². The second-order valence-corrected chi connectivity index (χ2v) is 6.50. The van der Waals surface area contributed by atoms with Crippen LogP contribution < -0.4 is 11.3 Å². The van der Waals surface area contributed by atoms with Gasteiger partial charge in [-0.3, -0.25) is 11.3 Å². The number of hydrogen-bond donors (Lipinski definition) is 2. The minimum atomic E-state index is -0.232. The summed E-state index contributed by atoms with van der Waals surface area (Å²) in [6.07, 6.45) is 1.96. The summed E-state index contributed by atoms with van der Waals surface area (Å²) < 4.78 is 13.8. The zero-order valence-corrected chi connectivity index (χ0v) is 13.2. The summed E-state index contributed by atoms with van der Waals surface area (Å²) in [6, 6.07) is 15.9. The van der Waals surface area contributed by atoms with Crippen LogP contribution in [0.4, 0.5) is 4.39 Å². The molecular formula is C17H18BrFN2. The van der Waals surface area contributed by atoms with Crippen molar-refractivity contribution in [2.75, 3.05) is 0 Å². The van der Waals surface area contributed by atoms with Crippen molar-refractivity contribution in [3.8, 4) is 0 Å². The van der Waals surface area contributed by atoms with Crippen LogP contribution in [0.1, 0.15) is 23.5 Å². The summed E-state index contributed by atoms with van der Waals surface area (Å²) in [5, 5.41) is 0. The Morgan fingerprint density at radius 2 is 2.00 bits per heavy atom. The molecule has 110 valence electrons. The Morgan fingerprint density at radius 1 is 1.24 bits per heavy atom. The molecule has 0 amide bonds. The molecular weight excluding hydrogens is 331 g/mol. The molecule has 4 heteroatoms. The first-order chi connectivity index (χ1) is 10.2. The van der Waals surface area contributed by atoms with Gasteiger partial charge in [-0.05, 0) is 63.9 Å². The van der Waals surface area contributed by atoms with E-state index in [1.165, 1.54) is 11.6 Å². The van der Waals surface area contributed by atoms with E-state index in [-0.39, 0.29) is 11.9 Å². The van der Waals surface area contributed by atoms with Crippen molar-refractivity contribution < 1.29 is 4.39 Å². The van der Waals surface area contributed by atoms with E-state index in [1.54, 1.807) is 0 Å². The molecule has 3 unspecified atom stereocenters. The topological polar surface area (TPSA) is 38.0 Å². The molecule has 0 saturated heterocycles. The highest BCUT2D eigenvalue weighted by Gasteiger charge is 2.43. The fourth-order valence-corrected chi connectivity index (χ4v) is 3.42. The summed E-state index contributed by atoms with van der Waals surface area (Å²) in [6.45, 7) is 0.